The van der Waals surface area contributed by atoms with Gasteiger partial charge in [0.1, 0.15) is 0 Å². The van der Waals surface area contributed by atoms with Crippen LogP contribution in [0.2, 0.25) is 0 Å². The third-order valence-electron chi connectivity index (χ3n) is 2.40. The molecule has 0 bridgehead atoms. The number of nitrogens with one attached hydrogen (secondary N) is 1. The second-order valence-electron chi connectivity index (χ2n) is 3.43. The lowest BCUT2D eigenvalue weighted by Crippen LogP contribution is -2.01. The van der Waals surface area contributed by atoms with Crippen molar-refractivity contribution in [3.8, 4) is 0 Å². The van der Waals surface area contributed by atoms with Gasteiger partial charge in [-0.05, 0) is 18.1 Å². The van der Waals surface area contributed by atoms with E-state index in [9.17, 15) is 4.79 Å². The van der Waals surface area contributed by atoms with Crippen LogP contribution in [0.1, 0.15) is 18.9 Å². The van der Waals surface area contributed by atoms with E-state index in [0.29, 0.717) is 0 Å². The fraction of sp³-hybridized carbons (Fsp3) is 0.250. The highest BCUT2D eigenvalue weighted by Gasteiger charge is 2.01. The Balaban J connectivity index is 2.75. The van der Waals surface area contributed by atoms with Crippen molar-refractivity contribution >= 4 is 10.9 Å². The monoisotopic (exact) mass is 187 g/mol. The molecular weight excluding hydrogens is 174 g/mol. The first kappa shape index (κ1) is 9.00. The summed E-state index contributed by atoms with van der Waals surface area (Å²) < 4.78 is 0. The van der Waals surface area contributed by atoms with Crippen LogP contribution in [-0.4, -0.2) is 4.98 Å². The van der Waals surface area contributed by atoms with Gasteiger partial charge < -0.3 is 4.98 Å². The Labute approximate surface area is 82.6 Å². The van der Waals surface area contributed by atoms with E-state index in [-0.39, 0.29) is 5.43 Å². The van der Waals surface area contributed by atoms with Crippen LogP contribution in [-0.2, 0) is 6.42 Å². The summed E-state index contributed by atoms with van der Waals surface area (Å²) in [6, 6.07) is 7.45. The van der Waals surface area contributed by atoms with Gasteiger partial charge in [0.15, 0.2) is 5.43 Å². The van der Waals surface area contributed by atoms with Crippen molar-refractivity contribution in [2.24, 2.45) is 0 Å². The molecule has 2 nitrogen and oxygen atoms in total. The highest BCUT2D eigenvalue weighted by atomic mass is 16.1. The van der Waals surface area contributed by atoms with Gasteiger partial charge in [-0.3, -0.25) is 4.79 Å². The van der Waals surface area contributed by atoms with Gasteiger partial charge in [-0.25, -0.2) is 0 Å². The summed E-state index contributed by atoms with van der Waals surface area (Å²) in [5.74, 6) is 0. The number of fused-ring (bicyclic) bond motifs is 1. The summed E-state index contributed by atoms with van der Waals surface area (Å²) in [5, 5.41) is 0.790. The zero-order valence-corrected chi connectivity index (χ0v) is 8.21. The predicted octanol–water partition coefficient (Wildman–Crippen LogP) is 2.48. The fourth-order valence-corrected chi connectivity index (χ4v) is 1.74. The normalized spacial score (nSPS) is 10.6. The maximum atomic E-state index is 11.5. The van der Waals surface area contributed by atoms with Gasteiger partial charge in [0.2, 0.25) is 0 Å². The van der Waals surface area contributed by atoms with Crippen molar-refractivity contribution < 1.29 is 0 Å². The summed E-state index contributed by atoms with van der Waals surface area (Å²) in [6.45, 7) is 2.14. The van der Waals surface area contributed by atoms with E-state index in [1.807, 2.05) is 12.1 Å². The molecule has 0 aliphatic carbocycles. The molecule has 0 radical (unpaired) electrons. The molecule has 2 heteroatoms. The quantitative estimate of drug-likeness (QED) is 0.769. The molecule has 0 spiro atoms. The van der Waals surface area contributed by atoms with Crippen molar-refractivity contribution in [3.05, 3.63) is 46.2 Å². The number of benzene rings is 1. The molecule has 0 unspecified atom stereocenters. The number of pyridine rings is 1. The zero-order chi connectivity index (χ0) is 9.97. The molecule has 1 heterocycles. The third kappa shape index (κ3) is 1.43. The van der Waals surface area contributed by atoms with Crippen molar-refractivity contribution in [2.45, 2.75) is 19.8 Å². The summed E-state index contributed by atoms with van der Waals surface area (Å²) in [4.78, 5) is 14.7. The molecule has 0 aliphatic heterocycles. The Morgan fingerprint density at radius 3 is 2.93 bits per heavy atom. The number of aromatic amines is 1. The van der Waals surface area contributed by atoms with Gasteiger partial charge in [0.25, 0.3) is 0 Å². The average Bonchev–Trinajstić information content (AvgIpc) is 2.20. The number of hydrogen-bond donors (Lipinski definition) is 1. The highest BCUT2D eigenvalue weighted by Crippen LogP contribution is 2.14. The van der Waals surface area contributed by atoms with Crippen LogP contribution in [0.25, 0.3) is 10.9 Å². The van der Waals surface area contributed by atoms with E-state index in [1.54, 1.807) is 12.3 Å². The van der Waals surface area contributed by atoms with Crippen LogP contribution in [0.3, 0.4) is 0 Å². The number of para-hydroxylation sites is 1. The molecule has 0 saturated carbocycles. The molecule has 1 aromatic carbocycles. The lowest BCUT2D eigenvalue weighted by atomic mass is 10.1. The maximum absolute atomic E-state index is 11.5. The number of rotatable bonds is 2. The van der Waals surface area contributed by atoms with Crippen LogP contribution < -0.4 is 5.43 Å². The molecule has 0 atom stereocenters. The van der Waals surface area contributed by atoms with Gasteiger partial charge in [-0.15, -0.1) is 0 Å². The van der Waals surface area contributed by atoms with Gasteiger partial charge in [0.05, 0.1) is 5.52 Å². The summed E-state index contributed by atoms with van der Waals surface area (Å²) >= 11 is 0. The van der Waals surface area contributed by atoms with Crippen LogP contribution >= 0.6 is 0 Å². The van der Waals surface area contributed by atoms with Crippen LogP contribution in [0.4, 0.5) is 0 Å². The van der Waals surface area contributed by atoms with E-state index in [2.05, 4.69) is 18.0 Å². The molecule has 1 aromatic heterocycles. The minimum Gasteiger partial charge on any atom is -0.361 e. The van der Waals surface area contributed by atoms with Crippen molar-refractivity contribution in [3.63, 3.8) is 0 Å². The SMILES string of the molecule is CCCc1cccc2c(=O)cc[nH]c12. The Bertz CT molecular complexity index is 499. The van der Waals surface area contributed by atoms with Crippen molar-refractivity contribution in [2.75, 3.05) is 0 Å². The average molecular weight is 187 g/mol. The molecule has 2 aromatic rings. The van der Waals surface area contributed by atoms with E-state index >= 15 is 0 Å². The Morgan fingerprint density at radius 2 is 2.14 bits per heavy atom. The van der Waals surface area contributed by atoms with Gasteiger partial charge >= 0.3 is 0 Å². The number of H-pyrrole nitrogens is 1. The van der Waals surface area contributed by atoms with E-state index in [4.69, 9.17) is 0 Å². The summed E-state index contributed by atoms with van der Waals surface area (Å²) in [7, 11) is 0. The standard InChI is InChI=1S/C12H13NO/c1-2-4-9-5-3-6-10-11(14)7-8-13-12(9)10/h3,5-8H,2,4H2,1H3,(H,13,14). The summed E-state index contributed by atoms with van der Waals surface area (Å²) in [5.41, 5.74) is 2.31. The largest absolute Gasteiger partial charge is 0.361 e. The molecule has 0 fully saturated rings. The van der Waals surface area contributed by atoms with Crippen LogP contribution in [0, 0.1) is 0 Å². The number of aryl methyl sites for hydroxylation is 1. The van der Waals surface area contributed by atoms with E-state index in [1.165, 1.54) is 5.56 Å². The first-order chi connectivity index (χ1) is 6.83. The van der Waals surface area contributed by atoms with E-state index in [0.717, 1.165) is 23.7 Å². The molecule has 0 saturated heterocycles. The van der Waals surface area contributed by atoms with Gasteiger partial charge in [0, 0.05) is 17.6 Å². The van der Waals surface area contributed by atoms with Crippen LogP contribution in [0.15, 0.2) is 35.3 Å². The maximum Gasteiger partial charge on any atom is 0.189 e. The molecule has 2 rings (SSSR count). The lowest BCUT2D eigenvalue weighted by molar-refractivity contribution is 0.926. The highest BCUT2D eigenvalue weighted by molar-refractivity contribution is 5.81. The second kappa shape index (κ2) is 3.66. The van der Waals surface area contributed by atoms with E-state index < -0.39 is 0 Å². The Morgan fingerprint density at radius 1 is 1.29 bits per heavy atom. The topological polar surface area (TPSA) is 32.9 Å². The fourth-order valence-electron chi connectivity index (χ4n) is 1.74. The smallest absolute Gasteiger partial charge is 0.189 e. The zero-order valence-electron chi connectivity index (χ0n) is 8.21. The first-order valence-electron chi connectivity index (χ1n) is 4.92. The molecule has 0 amide bonds. The molecule has 0 aliphatic rings. The van der Waals surface area contributed by atoms with Crippen molar-refractivity contribution in [1.82, 2.24) is 4.98 Å². The molecule has 14 heavy (non-hydrogen) atoms. The number of hydrogen-bond acceptors (Lipinski definition) is 1. The van der Waals surface area contributed by atoms with Gasteiger partial charge in [-0.1, -0.05) is 25.5 Å². The lowest BCUT2D eigenvalue weighted by Gasteiger charge is -2.03. The van der Waals surface area contributed by atoms with Gasteiger partial charge in [-0.2, -0.15) is 0 Å². The molecule has 1 N–H and O–H groups in total. The van der Waals surface area contributed by atoms with Crippen LogP contribution in [0.5, 0.6) is 0 Å². The van der Waals surface area contributed by atoms with Crippen molar-refractivity contribution in [1.29, 1.82) is 0 Å². The predicted molar refractivity (Wildman–Crippen MR) is 58.6 cm³/mol. The third-order valence-corrected chi connectivity index (χ3v) is 2.40. The molecular formula is C12H13NO. The first-order valence-corrected chi connectivity index (χ1v) is 4.92. The minimum absolute atomic E-state index is 0.0942. The summed E-state index contributed by atoms with van der Waals surface area (Å²) in [6.07, 6.45) is 3.82. The minimum atomic E-state index is 0.0942. The number of aromatic nitrogens is 1. The Kier molecular flexibility index (Phi) is 2.35. The second-order valence-corrected chi connectivity index (χ2v) is 3.43. The Hall–Kier alpha value is -1.57. The molecule has 72 valence electrons.